The average molecular weight is 371 g/mol. The average Bonchev–Trinajstić information content (AvgIpc) is 2.54. The van der Waals surface area contributed by atoms with Crippen LogP contribution in [0.5, 0.6) is 5.75 Å². The maximum absolute atomic E-state index is 13.7. The fourth-order valence-electron chi connectivity index (χ4n) is 1.93. The Balaban J connectivity index is 2.39. The molecule has 9 heteroatoms. The van der Waals surface area contributed by atoms with Crippen LogP contribution >= 0.6 is 11.8 Å². The molecule has 0 unspecified atom stereocenters. The van der Waals surface area contributed by atoms with Gasteiger partial charge in [0.2, 0.25) is 0 Å². The summed E-state index contributed by atoms with van der Waals surface area (Å²) in [5, 5.41) is 8.98. The van der Waals surface area contributed by atoms with Crippen molar-refractivity contribution in [1.29, 1.82) is 0 Å². The summed E-state index contributed by atoms with van der Waals surface area (Å²) in [5.41, 5.74) is 0.251. The second-order valence-electron chi connectivity index (χ2n) is 4.62. The molecule has 0 radical (unpaired) electrons. The van der Waals surface area contributed by atoms with Gasteiger partial charge < -0.3 is 9.84 Å². The zero-order valence-electron chi connectivity index (χ0n) is 12.7. The molecule has 2 aromatic rings. The lowest BCUT2D eigenvalue weighted by Gasteiger charge is -2.12. The second-order valence-corrected chi connectivity index (χ2v) is 7.15. The topological polar surface area (TPSA) is 92.7 Å². The van der Waals surface area contributed by atoms with Gasteiger partial charge in [0, 0.05) is 4.90 Å². The van der Waals surface area contributed by atoms with Gasteiger partial charge in [-0.05, 0) is 42.7 Å². The molecule has 0 fully saturated rings. The van der Waals surface area contributed by atoms with Crippen LogP contribution in [0.3, 0.4) is 0 Å². The van der Waals surface area contributed by atoms with E-state index in [1.807, 2.05) is 0 Å². The molecule has 128 valence electrons. The quantitative estimate of drug-likeness (QED) is 0.758. The van der Waals surface area contributed by atoms with Crippen LogP contribution in [0.25, 0.3) is 0 Å². The largest absolute Gasteiger partial charge is 0.494 e. The Kier molecular flexibility index (Phi) is 5.35. The number of thioether (sulfide) groups is 1. The number of benzene rings is 2. The van der Waals surface area contributed by atoms with Gasteiger partial charge in [-0.2, -0.15) is 0 Å². The highest BCUT2D eigenvalue weighted by atomic mass is 32.2. The Morgan fingerprint density at radius 1 is 1.25 bits per heavy atom. The highest BCUT2D eigenvalue weighted by Gasteiger charge is 2.19. The third-order valence-electron chi connectivity index (χ3n) is 3.13. The van der Waals surface area contributed by atoms with Crippen molar-refractivity contribution in [2.75, 3.05) is 18.1 Å². The normalized spacial score (nSPS) is 11.1. The standard InChI is InChI=1S/C15H14FNO5S2/c1-22-13-6-4-10(8-11(13)16)24(20,21)17-12-5-3-9(15(18)19)7-14(12)23-2/h3-8,17H,1-2H3,(H,18,19). The summed E-state index contributed by atoms with van der Waals surface area (Å²) < 4.78 is 45.6. The zero-order chi connectivity index (χ0) is 17.9. The third-order valence-corrected chi connectivity index (χ3v) is 5.27. The van der Waals surface area contributed by atoms with E-state index < -0.39 is 21.8 Å². The minimum absolute atomic E-state index is 0.0396. The van der Waals surface area contributed by atoms with Gasteiger partial charge in [0.15, 0.2) is 11.6 Å². The van der Waals surface area contributed by atoms with Gasteiger partial charge in [-0.25, -0.2) is 17.6 Å². The van der Waals surface area contributed by atoms with Gasteiger partial charge in [-0.3, -0.25) is 4.72 Å². The lowest BCUT2D eigenvalue weighted by molar-refractivity contribution is 0.0696. The number of sulfonamides is 1. The summed E-state index contributed by atoms with van der Waals surface area (Å²) in [6, 6.07) is 7.29. The number of hydrogen-bond donors (Lipinski definition) is 2. The van der Waals surface area contributed by atoms with E-state index in [9.17, 15) is 17.6 Å². The third kappa shape index (κ3) is 3.80. The number of anilines is 1. The number of rotatable bonds is 6. The molecule has 0 bridgehead atoms. The number of aromatic carboxylic acids is 1. The summed E-state index contributed by atoms with van der Waals surface area (Å²) >= 11 is 1.19. The molecule has 0 heterocycles. The highest BCUT2D eigenvalue weighted by Crippen LogP contribution is 2.29. The minimum atomic E-state index is -4.03. The molecule has 0 aliphatic rings. The Hall–Kier alpha value is -2.26. The van der Waals surface area contributed by atoms with Crippen molar-refractivity contribution < 1.29 is 27.4 Å². The number of nitrogens with one attached hydrogen (secondary N) is 1. The maximum atomic E-state index is 13.7. The molecule has 2 rings (SSSR count). The van der Waals surface area contributed by atoms with Crippen LogP contribution in [0.1, 0.15) is 10.4 Å². The van der Waals surface area contributed by atoms with Crippen LogP contribution in [0.15, 0.2) is 46.2 Å². The van der Waals surface area contributed by atoms with Crippen LogP contribution in [0.2, 0.25) is 0 Å². The molecular weight excluding hydrogens is 357 g/mol. The van der Waals surface area contributed by atoms with E-state index in [2.05, 4.69) is 4.72 Å². The summed E-state index contributed by atoms with van der Waals surface area (Å²) in [6.07, 6.45) is 1.69. The van der Waals surface area contributed by atoms with Crippen LogP contribution in [0, 0.1) is 5.82 Å². The van der Waals surface area contributed by atoms with Crippen molar-refractivity contribution >= 4 is 33.4 Å². The van der Waals surface area contributed by atoms with E-state index in [0.29, 0.717) is 4.90 Å². The van der Waals surface area contributed by atoms with E-state index in [-0.39, 0.29) is 21.9 Å². The summed E-state index contributed by atoms with van der Waals surface area (Å²) in [5.74, 6) is -1.98. The number of carboxylic acids is 1. The van der Waals surface area contributed by atoms with Crippen molar-refractivity contribution in [2.45, 2.75) is 9.79 Å². The summed E-state index contributed by atoms with van der Waals surface area (Å²) in [7, 11) is -2.76. The summed E-state index contributed by atoms with van der Waals surface area (Å²) in [6.45, 7) is 0. The van der Waals surface area contributed by atoms with Crippen molar-refractivity contribution in [3.63, 3.8) is 0 Å². The molecule has 2 aromatic carbocycles. The zero-order valence-corrected chi connectivity index (χ0v) is 14.4. The molecule has 2 N–H and O–H groups in total. The van der Waals surface area contributed by atoms with Gasteiger partial charge in [0.25, 0.3) is 10.0 Å². The Labute approximate surface area is 142 Å². The first kappa shape index (κ1) is 18.1. The van der Waals surface area contributed by atoms with E-state index in [0.717, 1.165) is 6.07 Å². The molecular formula is C15H14FNO5S2. The molecule has 0 saturated carbocycles. The van der Waals surface area contributed by atoms with E-state index in [1.54, 1.807) is 6.26 Å². The number of hydrogen-bond acceptors (Lipinski definition) is 5. The van der Waals surface area contributed by atoms with Crippen molar-refractivity contribution in [1.82, 2.24) is 0 Å². The van der Waals surface area contributed by atoms with Crippen LogP contribution < -0.4 is 9.46 Å². The molecule has 6 nitrogen and oxygen atoms in total. The molecule has 0 aromatic heterocycles. The number of ether oxygens (including phenoxy) is 1. The summed E-state index contributed by atoms with van der Waals surface area (Å²) in [4.78, 5) is 11.2. The first-order valence-electron chi connectivity index (χ1n) is 6.56. The molecule has 0 atom stereocenters. The van der Waals surface area contributed by atoms with Gasteiger partial charge in [0.1, 0.15) is 0 Å². The van der Waals surface area contributed by atoms with E-state index in [4.69, 9.17) is 9.84 Å². The first-order valence-corrected chi connectivity index (χ1v) is 9.27. The molecule has 0 aliphatic carbocycles. The van der Waals surface area contributed by atoms with Gasteiger partial charge in [-0.1, -0.05) is 0 Å². The van der Waals surface area contributed by atoms with Crippen molar-refractivity contribution in [2.24, 2.45) is 0 Å². The second kappa shape index (κ2) is 7.10. The van der Waals surface area contributed by atoms with Crippen LogP contribution in [-0.4, -0.2) is 32.9 Å². The predicted octanol–water partition coefficient (Wildman–Crippen LogP) is 3.06. The van der Waals surface area contributed by atoms with Crippen molar-refractivity contribution in [3.8, 4) is 5.75 Å². The molecule has 0 spiro atoms. The fraction of sp³-hybridized carbons (Fsp3) is 0.133. The predicted molar refractivity (Wildman–Crippen MR) is 88.9 cm³/mol. The van der Waals surface area contributed by atoms with Crippen LogP contribution in [0.4, 0.5) is 10.1 Å². The van der Waals surface area contributed by atoms with Gasteiger partial charge in [0.05, 0.1) is 23.3 Å². The molecule has 24 heavy (non-hydrogen) atoms. The smallest absolute Gasteiger partial charge is 0.335 e. The Morgan fingerprint density at radius 2 is 1.96 bits per heavy atom. The highest BCUT2D eigenvalue weighted by molar-refractivity contribution is 7.99. The monoisotopic (exact) mass is 371 g/mol. The fourth-order valence-corrected chi connectivity index (χ4v) is 3.67. The first-order chi connectivity index (χ1) is 11.3. The molecule has 0 saturated heterocycles. The molecule has 0 aliphatic heterocycles. The van der Waals surface area contributed by atoms with Crippen LogP contribution in [-0.2, 0) is 10.0 Å². The van der Waals surface area contributed by atoms with E-state index >= 15 is 0 Å². The Morgan fingerprint density at radius 3 is 2.50 bits per heavy atom. The number of halogens is 1. The Bertz CT molecular complexity index is 883. The lowest BCUT2D eigenvalue weighted by atomic mass is 10.2. The van der Waals surface area contributed by atoms with E-state index in [1.165, 1.54) is 49.2 Å². The number of methoxy groups -OCH3 is 1. The van der Waals surface area contributed by atoms with Gasteiger partial charge in [-0.15, -0.1) is 11.8 Å². The number of carbonyl (C=O) groups is 1. The van der Waals surface area contributed by atoms with Gasteiger partial charge >= 0.3 is 5.97 Å². The number of carboxylic acid groups (broad SMARTS) is 1. The lowest BCUT2D eigenvalue weighted by Crippen LogP contribution is -2.14. The molecule has 0 amide bonds. The SMILES string of the molecule is COc1ccc(S(=O)(=O)Nc2ccc(C(=O)O)cc2SC)cc1F. The minimum Gasteiger partial charge on any atom is -0.494 e. The maximum Gasteiger partial charge on any atom is 0.335 e. The van der Waals surface area contributed by atoms with Crippen molar-refractivity contribution in [3.05, 3.63) is 47.8 Å².